The SMILES string of the molecule is C[C@H](NC(=O)OC(C)(C)C)c1ccc(O[C@@H]2CCN(C3(F)C=C(OCC(C)(C)O)NC=N3)C2)cc1. The Kier molecular flexibility index (Phi) is 7.96. The van der Waals surface area contributed by atoms with E-state index in [1.807, 2.05) is 52.0 Å². The third-order valence-electron chi connectivity index (χ3n) is 5.35. The van der Waals surface area contributed by atoms with E-state index in [-0.39, 0.29) is 24.6 Å². The number of ether oxygens (including phenoxy) is 3. The zero-order chi connectivity index (χ0) is 25.9. The summed E-state index contributed by atoms with van der Waals surface area (Å²) in [4.78, 5) is 17.5. The molecule has 3 rings (SSSR count). The molecule has 194 valence electrons. The van der Waals surface area contributed by atoms with Gasteiger partial charge in [0, 0.05) is 13.1 Å². The summed E-state index contributed by atoms with van der Waals surface area (Å²) < 4.78 is 32.4. The first-order valence-corrected chi connectivity index (χ1v) is 11.8. The van der Waals surface area contributed by atoms with Crippen molar-refractivity contribution in [1.29, 1.82) is 0 Å². The van der Waals surface area contributed by atoms with E-state index >= 15 is 4.39 Å². The molecule has 2 aliphatic rings. The van der Waals surface area contributed by atoms with Crippen LogP contribution in [-0.4, -0.2) is 65.4 Å². The molecular weight excluding hydrogens is 455 g/mol. The summed E-state index contributed by atoms with van der Waals surface area (Å²) in [5.74, 6) is -1.18. The molecule has 35 heavy (non-hydrogen) atoms. The number of hydrogen-bond donors (Lipinski definition) is 3. The van der Waals surface area contributed by atoms with E-state index in [4.69, 9.17) is 14.2 Å². The minimum Gasteiger partial charge on any atom is -0.489 e. The van der Waals surface area contributed by atoms with Crippen molar-refractivity contribution in [2.75, 3.05) is 19.7 Å². The van der Waals surface area contributed by atoms with Crippen LogP contribution in [0.4, 0.5) is 9.18 Å². The molecule has 1 amide bonds. The Morgan fingerprint density at radius 3 is 2.63 bits per heavy atom. The second-order valence-electron chi connectivity index (χ2n) is 10.6. The number of aliphatic imine (C=N–C) groups is 1. The van der Waals surface area contributed by atoms with Crippen molar-refractivity contribution in [3.63, 3.8) is 0 Å². The van der Waals surface area contributed by atoms with Crippen molar-refractivity contribution in [1.82, 2.24) is 15.5 Å². The number of halogens is 1. The van der Waals surface area contributed by atoms with Crippen LogP contribution >= 0.6 is 0 Å². The number of carbonyl (C=O) groups is 1. The Bertz CT molecular complexity index is 939. The molecule has 9 nitrogen and oxygen atoms in total. The van der Waals surface area contributed by atoms with Crippen molar-refractivity contribution in [3.05, 3.63) is 41.8 Å². The maximum atomic E-state index is 15.6. The zero-order valence-electron chi connectivity index (χ0n) is 21.3. The maximum absolute atomic E-state index is 15.6. The highest BCUT2D eigenvalue weighted by Crippen LogP contribution is 2.30. The highest BCUT2D eigenvalue weighted by molar-refractivity contribution is 5.68. The van der Waals surface area contributed by atoms with Gasteiger partial charge in [0.25, 0.3) is 5.92 Å². The highest BCUT2D eigenvalue weighted by Gasteiger charge is 2.42. The molecule has 1 fully saturated rings. The molecule has 1 unspecified atom stereocenters. The zero-order valence-corrected chi connectivity index (χ0v) is 21.3. The molecule has 3 atom stereocenters. The first-order valence-electron chi connectivity index (χ1n) is 11.8. The van der Waals surface area contributed by atoms with Crippen LogP contribution in [0.25, 0.3) is 0 Å². The lowest BCUT2D eigenvalue weighted by molar-refractivity contribution is -0.0100. The van der Waals surface area contributed by atoms with Gasteiger partial charge in [0.15, 0.2) is 5.88 Å². The second kappa shape index (κ2) is 10.4. The van der Waals surface area contributed by atoms with E-state index in [9.17, 15) is 9.90 Å². The molecule has 0 radical (unpaired) electrons. The summed E-state index contributed by atoms with van der Waals surface area (Å²) in [5, 5.41) is 15.4. The van der Waals surface area contributed by atoms with E-state index in [1.165, 1.54) is 12.4 Å². The first kappa shape index (κ1) is 26.7. The van der Waals surface area contributed by atoms with E-state index in [1.54, 1.807) is 18.7 Å². The minimum atomic E-state index is -2.05. The molecule has 0 bridgehead atoms. The number of rotatable bonds is 8. The van der Waals surface area contributed by atoms with Gasteiger partial charge in [0.05, 0.1) is 24.1 Å². The Morgan fingerprint density at radius 2 is 2.00 bits per heavy atom. The average Bonchev–Trinajstić information content (AvgIpc) is 3.20. The first-order chi connectivity index (χ1) is 16.2. The fraction of sp³-hybridized carbons (Fsp3) is 0.600. The number of alkyl carbamates (subject to hydrolysis) is 1. The lowest BCUT2D eigenvalue weighted by Crippen LogP contribution is -2.45. The fourth-order valence-electron chi connectivity index (χ4n) is 3.65. The number of benzene rings is 1. The Hall–Kier alpha value is -2.85. The number of nitrogens with zero attached hydrogens (tertiary/aromatic N) is 2. The van der Waals surface area contributed by atoms with Crippen LogP contribution in [0.2, 0.25) is 0 Å². The van der Waals surface area contributed by atoms with Crippen LogP contribution in [-0.2, 0) is 9.47 Å². The summed E-state index contributed by atoms with van der Waals surface area (Å²) in [6.45, 7) is 11.4. The van der Waals surface area contributed by atoms with Gasteiger partial charge in [-0.15, -0.1) is 0 Å². The van der Waals surface area contributed by atoms with Crippen LogP contribution in [0.1, 0.15) is 59.6 Å². The summed E-state index contributed by atoms with van der Waals surface area (Å²) in [6.07, 6.45) is 2.50. The largest absolute Gasteiger partial charge is 0.489 e. The summed E-state index contributed by atoms with van der Waals surface area (Å²) in [6, 6.07) is 7.20. The van der Waals surface area contributed by atoms with Gasteiger partial charge in [0.2, 0.25) is 0 Å². The van der Waals surface area contributed by atoms with E-state index < -0.39 is 23.2 Å². The van der Waals surface area contributed by atoms with Gasteiger partial charge in [-0.2, -0.15) is 4.39 Å². The van der Waals surface area contributed by atoms with Crippen LogP contribution < -0.4 is 15.4 Å². The third-order valence-corrected chi connectivity index (χ3v) is 5.35. The van der Waals surface area contributed by atoms with Crippen LogP contribution in [0.5, 0.6) is 5.75 Å². The van der Waals surface area contributed by atoms with Crippen molar-refractivity contribution in [2.24, 2.45) is 4.99 Å². The van der Waals surface area contributed by atoms with Crippen LogP contribution in [0.15, 0.2) is 41.2 Å². The highest BCUT2D eigenvalue weighted by atomic mass is 19.1. The van der Waals surface area contributed by atoms with Gasteiger partial charge in [-0.1, -0.05) is 12.1 Å². The molecule has 2 aliphatic heterocycles. The molecule has 1 aromatic carbocycles. The Morgan fingerprint density at radius 1 is 1.31 bits per heavy atom. The average molecular weight is 493 g/mol. The minimum absolute atomic E-state index is 0.0173. The van der Waals surface area contributed by atoms with Gasteiger partial charge in [0.1, 0.15) is 24.1 Å². The van der Waals surface area contributed by atoms with Crippen LogP contribution in [0, 0.1) is 0 Å². The number of likely N-dealkylation sites (tertiary alicyclic amines) is 1. The van der Waals surface area contributed by atoms with Gasteiger partial charge >= 0.3 is 6.09 Å². The Balaban J connectivity index is 1.53. The Labute approximate surface area is 206 Å². The molecule has 1 saturated heterocycles. The van der Waals surface area contributed by atoms with E-state index in [2.05, 4.69) is 15.6 Å². The van der Waals surface area contributed by atoms with Gasteiger partial charge in [-0.05, 0) is 65.7 Å². The topological polar surface area (TPSA) is 105 Å². The summed E-state index contributed by atoms with van der Waals surface area (Å²) in [5.41, 5.74) is -0.691. The second-order valence-corrected chi connectivity index (χ2v) is 10.6. The number of nitrogens with one attached hydrogen (secondary N) is 2. The number of aliphatic hydroxyl groups is 1. The number of hydrogen-bond acceptors (Lipinski definition) is 8. The molecule has 10 heteroatoms. The van der Waals surface area contributed by atoms with Crippen molar-refractivity contribution in [3.8, 4) is 5.75 Å². The lowest BCUT2D eigenvalue weighted by atomic mass is 10.1. The van der Waals surface area contributed by atoms with Crippen LogP contribution in [0.3, 0.4) is 0 Å². The molecule has 0 saturated carbocycles. The summed E-state index contributed by atoms with van der Waals surface area (Å²) >= 11 is 0. The standard InChI is InChI=1S/C25H37FN4O5/c1-17(29-22(31)35-23(2,3)4)18-7-9-19(10-8-18)34-20-11-12-30(14-20)25(26)13-21(27-16-28-25)33-15-24(5,6)32/h7-10,13,16-17,20,32H,11-12,14-15H2,1-6H3,(H,27,28)(H,29,31)/t17-,20+,25?/m0/s1. The lowest BCUT2D eigenvalue weighted by Gasteiger charge is -2.31. The smallest absolute Gasteiger partial charge is 0.408 e. The van der Waals surface area contributed by atoms with E-state index in [0.29, 0.717) is 25.3 Å². The van der Waals surface area contributed by atoms with Crippen molar-refractivity contribution in [2.45, 2.75) is 77.2 Å². The number of amides is 1. The summed E-state index contributed by atoms with van der Waals surface area (Å²) in [7, 11) is 0. The molecule has 0 aliphatic carbocycles. The predicted molar refractivity (Wildman–Crippen MR) is 131 cm³/mol. The van der Waals surface area contributed by atoms with Gasteiger partial charge < -0.3 is 30.0 Å². The quantitative estimate of drug-likeness (QED) is 0.476. The van der Waals surface area contributed by atoms with Crippen molar-refractivity contribution < 1.29 is 28.5 Å². The van der Waals surface area contributed by atoms with Gasteiger partial charge in [-0.3, -0.25) is 0 Å². The normalized spacial score (nSPS) is 23.8. The monoisotopic (exact) mass is 492 g/mol. The molecule has 3 N–H and O–H groups in total. The van der Waals surface area contributed by atoms with E-state index in [0.717, 1.165) is 5.56 Å². The molecule has 2 heterocycles. The molecular formula is C25H37FN4O5. The number of alkyl halides is 1. The van der Waals surface area contributed by atoms with Crippen molar-refractivity contribution >= 4 is 12.4 Å². The fourth-order valence-corrected chi connectivity index (χ4v) is 3.65. The third kappa shape index (κ3) is 8.10. The number of carbonyl (C=O) groups excluding carboxylic acids is 1. The molecule has 1 aromatic rings. The van der Waals surface area contributed by atoms with Gasteiger partial charge in [-0.25, -0.2) is 14.7 Å². The maximum Gasteiger partial charge on any atom is 0.408 e. The molecule has 0 aromatic heterocycles. The predicted octanol–water partition coefficient (Wildman–Crippen LogP) is 3.61. The molecule has 0 spiro atoms.